The highest BCUT2D eigenvalue weighted by atomic mass is 32.1. The molecule has 1 amide bonds. The van der Waals surface area contributed by atoms with Gasteiger partial charge in [0.1, 0.15) is 6.07 Å². The summed E-state index contributed by atoms with van der Waals surface area (Å²) in [7, 11) is 1.52. The molecule has 2 aromatic carbocycles. The molecule has 0 unspecified atom stereocenters. The molecule has 1 aliphatic heterocycles. The Balaban J connectivity index is 1.95. The molecular formula is C21H20N4O3S. The number of benzene rings is 2. The number of nitrogens with one attached hydrogen (secondary N) is 3. The smallest absolute Gasteiger partial charge is 0.255 e. The van der Waals surface area contributed by atoms with Gasteiger partial charge < -0.3 is 25.4 Å². The maximum Gasteiger partial charge on any atom is 0.255 e. The number of methoxy groups -OCH3 is 1. The molecule has 1 atom stereocenters. The summed E-state index contributed by atoms with van der Waals surface area (Å²) < 4.78 is 10.8. The van der Waals surface area contributed by atoms with E-state index in [0.29, 0.717) is 33.6 Å². The zero-order valence-electron chi connectivity index (χ0n) is 16.0. The lowest BCUT2D eigenvalue weighted by molar-refractivity contribution is -0.113. The largest absolute Gasteiger partial charge is 0.493 e. The number of ether oxygens (including phenoxy) is 2. The minimum absolute atomic E-state index is 0.0882. The molecule has 8 heteroatoms. The summed E-state index contributed by atoms with van der Waals surface area (Å²) in [6.45, 7) is 1.72. The fourth-order valence-electron chi connectivity index (χ4n) is 3.06. The Labute approximate surface area is 174 Å². The number of carbonyl (C=O) groups excluding carboxylic acids is 1. The molecule has 0 radical (unpaired) electrons. The maximum absolute atomic E-state index is 13.0. The van der Waals surface area contributed by atoms with E-state index in [-0.39, 0.29) is 12.5 Å². The second-order valence-corrected chi connectivity index (χ2v) is 6.66. The number of carbonyl (C=O) groups is 1. The number of rotatable bonds is 6. The van der Waals surface area contributed by atoms with Crippen molar-refractivity contribution in [3.63, 3.8) is 0 Å². The van der Waals surface area contributed by atoms with Crippen molar-refractivity contribution < 1.29 is 14.3 Å². The summed E-state index contributed by atoms with van der Waals surface area (Å²) >= 11 is 5.29. The molecule has 1 heterocycles. The van der Waals surface area contributed by atoms with Crippen LogP contribution in [-0.4, -0.2) is 24.7 Å². The van der Waals surface area contributed by atoms with Crippen molar-refractivity contribution in [3.05, 3.63) is 65.4 Å². The Hall–Kier alpha value is -3.57. The topological polar surface area (TPSA) is 95.4 Å². The third kappa shape index (κ3) is 4.65. The molecule has 7 nitrogen and oxygen atoms in total. The standard InChI is InChI=1S/C21H20N4O3S/c1-13-18(20(26)24-15-6-4-3-5-7-15)19(25-21(29)23-13)14-8-9-16(28-11-10-22)17(12-14)27-2/h3-9,12,19H,11H2,1-2H3,(H,24,26)(H2,23,25,29)/t19-/m1/s1. The molecule has 0 aliphatic carbocycles. The third-order valence-electron chi connectivity index (χ3n) is 4.36. The van der Waals surface area contributed by atoms with Gasteiger partial charge in [-0.05, 0) is 49.0 Å². The number of amides is 1. The van der Waals surface area contributed by atoms with E-state index >= 15 is 0 Å². The van der Waals surface area contributed by atoms with Crippen molar-refractivity contribution >= 4 is 28.9 Å². The number of nitrogens with zero attached hydrogens (tertiary/aromatic N) is 1. The Bertz CT molecular complexity index is 999. The monoisotopic (exact) mass is 408 g/mol. The SMILES string of the molecule is COc1cc([C@H]2NC(=S)NC(C)=C2C(=O)Nc2ccccc2)ccc1OCC#N. The van der Waals surface area contributed by atoms with Crippen molar-refractivity contribution in [2.45, 2.75) is 13.0 Å². The van der Waals surface area contributed by atoms with Crippen LogP contribution in [-0.2, 0) is 4.79 Å². The molecule has 3 rings (SSSR count). The maximum atomic E-state index is 13.0. The lowest BCUT2D eigenvalue weighted by Gasteiger charge is -2.30. The average molecular weight is 408 g/mol. The quantitative estimate of drug-likeness (QED) is 0.633. The van der Waals surface area contributed by atoms with Gasteiger partial charge in [0.05, 0.1) is 18.7 Å². The van der Waals surface area contributed by atoms with Crippen LogP contribution in [0.4, 0.5) is 5.69 Å². The van der Waals surface area contributed by atoms with Crippen molar-refractivity contribution in [3.8, 4) is 17.6 Å². The predicted octanol–water partition coefficient (Wildman–Crippen LogP) is 3.03. The lowest BCUT2D eigenvalue weighted by atomic mass is 9.94. The van der Waals surface area contributed by atoms with Gasteiger partial charge in [0, 0.05) is 11.4 Å². The van der Waals surface area contributed by atoms with Gasteiger partial charge in [0.15, 0.2) is 23.2 Å². The van der Waals surface area contributed by atoms with E-state index in [1.54, 1.807) is 12.1 Å². The summed E-state index contributed by atoms with van der Waals surface area (Å²) in [5, 5.41) is 18.2. The molecule has 0 spiro atoms. The Morgan fingerprint density at radius 1 is 1.24 bits per heavy atom. The van der Waals surface area contributed by atoms with Crippen LogP contribution in [0, 0.1) is 11.3 Å². The van der Waals surface area contributed by atoms with E-state index in [4.69, 9.17) is 27.0 Å². The van der Waals surface area contributed by atoms with Gasteiger partial charge in [-0.15, -0.1) is 0 Å². The molecule has 0 fully saturated rings. The molecule has 0 saturated heterocycles. The number of allylic oxidation sites excluding steroid dienone is 1. The normalized spacial score (nSPS) is 15.6. The molecule has 29 heavy (non-hydrogen) atoms. The van der Waals surface area contributed by atoms with Crippen molar-refractivity contribution in [2.24, 2.45) is 0 Å². The fraction of sp³-hybridized carbons (Fsp3) is 0.190. The zero-order valence-corrected chi connectivity index (χ0v) is 16.8. The summed E-state index contributed by atoms with van der Waals surface area (Å²) in [4.78, 5) is 13.0. The van der Waals surface area contributed by atoms with Crippen LogP contribution < -0.4 is 25.4 Å². The van der Waals surface area contributed by atoms with Crippen LogP contribution in [0.15, 0.2) is 59.8 Å². The molecule has 148 valence electrons. The first kappa shape index (κ1) is 20.2. The molecule has 1 aliphatic rings. The highest BCUT2D eigenvalue weighted by Crippen LogP contribution is 2.34. The van der Waals surface area contributed by atoms with Crippen molar-refractivity contribution in [1.82, 2.24) is 10.6 Å². The minimum atomic E-state index is -0.480. The minimum Gasteiger partial charge on any atom is -0.493 e. The van der Waals surface area contributed by atoms with Crippen LogP contribution in [0.3, 0.4) is 0 Å². The fourth-order valence-corrected chi connectivity index (χ4v) is 3.33. The molecule has 0 bridgehead atoms. The average Bonchev–Trinajstić information content (AvgIpc) is 2.72. The Morgan fingerprint density at radius 3 is 2.69 bits per heavy atom. The van der Waals surface area contributed by atoms with Gasteiger partial charge in [-0.2, -0.15) is 5.26 Å². The number of nitriles is 1. The van der Waals surface area contributed by atoms with E-state index in [1.807, 2.05) is 49.4 Å². The predicted molar refractivity (Wildman–Crippen MR) is 113 cm³/mol. The first-order valence-corrected chi connectivity index (χ1v) is 9.26. The summed E-state index contributed by atoms with van der Waals surface area (Å²) in [5.41, 5.74) is 2.64. The summed E-state index contributed by atoms with van der Waals surface area (Å²) in [6, 6.07) is 16.0. The highest BCUT2D eigenvalue weighted by Gasteiger charge is 2.30. The number of thiocarbonyl (C=S) groups is 1. The molecule has 0 aromatic heterocycles. The van der Waals surface area contributed by atoms with Crippen molar-refractivity contribution in [2.75, 3.05) is 19.0 Å². The van der Waals surface area contributed by atoms with E-state index < -0.39 is 6.04 Å². The zero-order chi connectivity index (χ0) is 20.8. The number of hydrogen-bond acceptors (Lipinski definition) is 5. The summed E-state index contributed by atoms with van der Waals surface area (Å²) in [6.07, 6.45) is 0. The molecule has 0 saturated carbocycles. The second kappa shape index (κ2) is 9.08. The van der Waals surface area contributed by atoms with Gasteiger partial charge >= 0.3 is 0 Å². The lowest BCUT2D eigenvalue weighted by Crippen LogP contribution is -2.45. The van der Waals surface area contributed by atoms with Crippen LogP contribution in [0.5, 0.6) is 11.5 Å². The van der Waals surface area contributed by atoms with Crippen molar-refractivity contribution in [1.29, 1.82) is 5.26 Å². The number of para-hydroxylation sites is 1. The molecule has 3 N–H and O–H groups in total. The van der Waals surface area contributed by atoms with E-state index in [1.165, 1.54) is 7.11 Å². The van der Waals surface area contributed by atoms with E-state index in [9.17, 15) is 4.79 Å². The van der Waals surface area contributed by atoms with Crippen LogP contribution in [0.1, 0.15) is 18.5 Å². The van der Waals surface area contributed by atoms with Crippen LogP contribution in [0.2, 0.25) is 0 Å². The second-order valence-electron chi connectivity index (χ2n) is 6.25. The van der Waals surface area contributed by atoms with E-state index in [0.717, 1.165) is 5.56 Å². The van der Waals surface area contributed by atoms with Gasteiger partial charge in [0.2, 0.25) is 0 Å². The molecule has 2 aromatic rings. The number of hydrogen-bond donors (Lipinski definition) is 3. The number of anilines is 1. The van der Waals surface area contributed by atoms with Gasteiger partial charge in [0.25, 0.3) is 5.91 Å². The Morgan fingerprint density at radius 2 is 2.00 bits per heavy atom. The third-order valence-corrected chi connectivity index (χ3v) is 4.58. The first-order valence-electron chi connectivity index (χ1n) is 8.86. The summed E-state index contributed by atoms with van der Waals surface area (Å²) in [5.74, 6) is 0.666. The van der Waals surface area contributed by atoms with Gasteiger partial charge in [-0.3, -0.25) is 4.79 Å². The highest BCUT2D eigenvalue weighted by molar-refractivity contribution is 7.80. The first-order chi connectivity index (χ1) is 14.0. The van der Waals surface area contributed by atoms with Gasteiger partial charge in [-0.1, -0.05) is 24.3 Å². The van der Waals surface area contributed by atoms with Crippen LogP contribution in [0.25, 0.3) is 0 Å². The molecular weight excluding hydrogens is 388 g/mol. The van der Waals surface area contributed by atoms with Gasteiger partial charge in [-0.25, -0.2) is 0 Å². The van der Waals surface area contributed by atoms with E-state index in [2.05, 4.69) is 16.0 Å². The Kier molecular flexibility index (Phi) is 6.32. The van der Waals surface area contributed by atoms with Crippen LogP contribution >= 0.6 is 12.2 Å².